The smallest absolute Gasteiger partial charge is 0.333 e. The molecule has 0 N–H and O–H groups in total. The lowest BCUT2D eigenvalue weighted by Crippen LogP contribution is -2.56. The largest absolute Gasteiger partial charge is 0.455 e. The van der Waals surface area contributed by atoms with Crippen LogP contribution in [0.2, 0.25) is 0 Å². The monoisotopic (exact) mass is 346 g/mol. The van der Waals surface area contributed by atoms with Crippen molar-refractivity contribution in [2.45, 2.75) is 109 Å². The fourth-order valence-electron chi connectivity index (χ4n) is 6.16. The van der Waals surface area contributed by atoms with Gasteiger partial charge in [-0.1, -0.05) is 64.4 Å². The summed E-state index contributed by atoms with van der Waals surface area (Å²) in [7, 11) is 0. The van der Waals surface area contributed by atoms with Crippen LogP contribution in [0, 0.1) is 17.8 Å². The number of carbonyl (C=O) groups excluding carboxylic acids is 1. The average Bonchev–Trinajstić information content (AvgIpc) is 2.68. The summed E-state index contributed by atoms with van der Waals surface area (Å²) in [4.78, 5) is 12.8. The topological polar surface area (TPSA) is 26.3 Å². The van der Waals surface area contributed by atoms with Crippen LogP contribution in [0.25, 0.3) is 0 Å². The Bertz CT molecular complexity index is 403. The predicted molar refractivity (Wildman–Crippen MR) is 103 cm³/mol. The zero-order valence-electron chi connectivity index (χ0n) is 16.4. The molecule has 0 spiro atoms. The van der Waals surface area contributed by atoms with Gasteiger partial charge in [0.05, 0.1) is 0 Å². The molecule has 3 fully saturated rings. The molecule has 0 aromatic heterocycles. The molecule has 3 aliphatic rings. The molecular formula is C23H38O2. The molecule has 142 valence electrons. The van der Waals surface area contributed by atoms with E-state index in [1.165, 1.54) is 96.3 Å². The SMILES string of the molecule is C=C(C)C(=O)OC(C1CCCCC1)(C1CCCCC1)C1CCCCC1. The Balaban J connectivity index is 1.96. The molecule has 3 aliphatic carbocycles. The van der Waals surface area contributed by atoms with Gasteiger partial charge in [0.15, 0.2) is 0 Å². The van der Waals surface area contributed by atoms with E-state index in [9.17, 15) is 4.79 Å². The van der Waals surface area contributed by atoms with Crippen LogP contribution in [0.4, 0.5) is 0 Å². The van der Waals surface area contributed by atoms with Crippen LogP contribution in [0.15, 0.2) is 12.2 Å². The van der Waals surface area contributed by atoms with E-state index in [-0.39, 0.29) is 11.6 Å². The maximum Gasteiger partial charge on any atom is 0.333 e. The summed E-state index contributed by atoms with van der Waals surface area (Å²) >= 11 is 0. The summed E-state index contributed by atoms with van der Waals surface area (Å²) in [6, 6.07) is 0. The summed E-state index contributed by atoms with van der Waals surface area (Å²) < 4.78 is 6.58. The van der Waals surface area contributed by atoms with Crippen molar-refractivity contribution in [1.82, 2.24) is 0 Å². The van der Waals surface area contributed by atoms with Crippen molar-refractivity contribution in [1.29, 1.82) is 0 Å². The third-order valence-electron chi connectivity index (χ3n) is 7.35. The van der Waals surface area contributed by atoms with Gasteiger partial charge in [-0.05, 0) is 63.2 Å². The molecule has 0 unspecified atom stereocenters. The second-order valence-electron chi connectivity index (χ2n) is 9.03. The minimum absolute atomic E-state index is 0.123. The van der Waals surface area contributed by atoms with Crippen LogP contribution in [0.1, 0.15) is 103 Å². The second-order valence-corrected chi connectivity index (χ2v) is 9.03. The van der Waals surface area contributed by atoms with Crippen LogP contribution in [0.5, 0.6) is 0 Å². The molecule has 0 radical (unpaired) electrons. The summed E-state index contributed by atoms with van der Waals surface area (Å²) in [6.45, 7) is 5.72. The zero-order valence-corrected chi connectivity index (χ0v) is 16.4. The first-order valence-corrected chi connectivity index (χ1v) is 11.0. The van der Waals surface area contributed by atoms with Gasteiger partial charge in [0.2, 0.25) is 0 Å². The van der Waals surface area contributed by atoms with Gasteiger partial charge in [0, 0.05) is 5.57 Å². The lowest BCUT2D eigenvalue weighted by Gasteiger charge is -2.53. The number of ether oxygens (including phenoxy) is 1. The maximum atomic E-state index is 12.8. The summed E-state index contributed by atoms with van der Waals surface area (Å²) in [5.74, 6) is 1.61. The molecule has 0 aromatic rings. The van der Waals surface area contributed by atoms with Crippen LogP contribution >= 0.6 is 0 Å². The van der Waals surface area contributed by atoms with E-state index < -0.39 is 0 Å². The molecule has 3 saturated carbocycles. The first-order chi connectivity index (χ1) is 12.1. The first kappa shape index (κ1) is 19.0. The fraction of sp³-hybridized carbons (Fsp3) is 0.870. The highest BCUT2D eigenvalue weighted by molar-refractivity contribution is 5.87. The molecule has 0 amide bonds. The number of carbonyl (C=O) groups is 1. The van der Waals surface area contributed by atoms with Crippen molar-refractivity contribution >= 4 is 5.97 Å². The highest BCUT2D eigenvalue weighted by atomic mass is 16.6. The Morgan fingerprint density at radius 2 is 1.04 bits per heavy atom. The van der Waals surface area contributed by atoms with Crippen molar-refractivity contribution < 1.29 is 9.53 Å². The predicted octanol–water partition coefficient (Wildman–Crippen LogP) is 6.59. The van der Waals surface area contributed by atoms with E-state index in [0.717, 1.165) is 0 Å². The van der Waals surface area contributed by atoms with Crippen molar-refractivity contribution in [3.05, 3.63) is 12.2 Å². The summed E-state index contributed by atoms with van der Waals surface area (Å²) in [5, 5.41) is 0. The number of esters is 1. The molecule has 2 nitrogen and oxygen atoms in total. The number of hydrogen-bond donors (Lipinski definition) is 0. The van der Waals surface area contributed by atoms with Crippen LogP contribution in [0.3, 0.4) is 0 Å². The van der Waals surface area contributed by atoms with Gasteiger partial charge in [-0.15, -0.1) is 0 Å². The first-order valence-electron chi connectivity index (χ1n) is 11.0. The fourth-order valence-corrected chi connectivity index (χ4v) is 6.16. The Labute approximate surface area is 154 Å². The molecule has 0 heterocycles. The minimum Gasteiger partial charge on any atom is -0.455 e. The Morgan fingerprint density at radius 3 is 1.32 bits per heavy atom. The molecule has 25 heavy (non-hydrogen) atoms. The highest BCUT2D eigenvalue weighted by Gasteiger charge is 2.53. The van der Waals surface area contributed by atoms with Gasteiger partial charge in [0.25, 0.3) is 0 Å². The molecule has 0 saturated heterocycles. The third-order valence-corrected chi connectivity index (χ3v) is 7.35. The highest BCUT2D eigenvalue weighted by Crippen LogP contribution is 2.53. The Morgan fingerprint density at radius 1 is 0.720 bits per heavy atom. The Kier molecular flexibility index (Phi) is 6.63. The van der Waals surface area contributed by atoms with Gasteiger partial charge in [-0.2, -0.15) is 0 Å². The molecule has 2 heteroatoms. The molecule has 0 aromatic carbocycles. The molecule has 0 aliphatic heterocycles. The van der Waals surface area contributed by atoms with Gasteiger partial charge < -0.3 is 4.74 Å². The summed E-state index contributed by atoms with van der Waals surface area (Å²) in [6.07, 6.45) is 19.5. The van der Waals surface area contributed by atoms with Gasteiger partial charge in [-0.3, -0.25) is 0 Å². The van der Waals surface area contributed by atoms with E-state index in [1.54, 1.807) is 0 Å². The number of hydrogen-bond acceptors (Lipinski definition) is 2. The molecule has 3 rings (SSSR count). The normalized spacial score (nSPS) is 24.8. The minimum atomic E-state index is -0.197. The molecule has 0 atom stereocenters. The van der Waals surface area contributed by atoms with E-state index >= 15 is 0 Å². The van der Waals surface area contributed by atoms with Gasteiger partial charge in [0.1, 0.15) is 5.60 Å². The zero-order chi connectivity index (χ0) is 17.7. The average molecular weight is 347 g/mol. The number of rotatable bonds is 5. The van der Waals surface area contributed by atoms with E-state index in [0.29, 0.717) is 23.3 Å². The lowest BCUT2D eigenvalue weighted by molar-refractivity contribution is -0.194. The van der Waals surface area contributed by atoms with Crippen LogP contribution in [-0.4, -0.2) is 11.6 Å². The van der Waals surface area contributed by atoms with E-state index in [2.05, 4.69) is 6.58 Å². The van der Waals surface area contributed by atoms with Crippen molar-refractivity contribution in [3.63, 3.8) is 0 Å². The quantitative estimate of drug-likeness (QED) is 0.415. The second kappa shape index (κ2) is 8.73. The van der Waals surface area contributed by atoms with Crippen molar-refractivity contribution in [2.24, 2.45) is 17.8 Å². The summed E-state index contributed by atoms with van der Waals surface area (Å²) in [5.41, 5.74) is 0.379. The van der Waals surface area contributed by atoms with Gasteiger partial charge in [-0.25, -0.2) is 4.79 Å². The maximum absolute atomic E-state index is 12.8. The Hall–Kier alpha value is -0.790. The lowest BCUT2D eigenvalue weighted by atomic mass is 9.58. The van der Waals surface area contributed by atoms with Crippen LogP contribution < -0.4 is 0 Å². The third kappa shape index (κ3) is 4.14. The standard InChI is InChI=1S/C23H38O2/c1-18(2)22(24)25-23(19-12-6-3-7-13-19,20-14-8-4-9-15-20)21-16-10-5-11-17-21/h19-21H,1,3-17H2,2H3. The van der Waals surface area contributed by atoms with E-state index in [1.807, 2.05) is 6.92 Å². The van der Waals surface area contributed by atoms with Gasteiger partial charge >= 0.3 is 5.97 Å². The molecule has 0 bridgehead atoms. The van der Waals surface area contributed by atoms with Crippen molar-refractivity contribution in [3.8, 4) is 0 Å². The van der Waals surface area contributed by atoms with Crippen LogP contribution in [-0.2, 0) is 9.53 Å². The molecular weight excluding hydrogens is 308 g/mol. The van der Waals surface area contributed by atoms with E-state index in [4.69, 9.17) is 4.74 Å². The van der Waals surface area contributed by atoms with Crippen molar-refractivity contribution in [2.75, 3.05) is 0 Å².